The summed E-state index contributed by atoms with van der Waals surface area (Å²) in [5.74, 6) is -0.485. The highest BCUT2D eigenvalue weighted by molar-refractivity contribution is 5.78. The number of benzene rings is 2. The lowest BCUT2D eigenvalue weighted by Gasteiger charge is -2.00. The van der Waals surface area contributed by atoms with Crippen LogP contribution in [0, 0.1) is 6.92 Å². The number of aliphatic carboxylic acids is 1. The Balaban J connectivity index is 0.000000185. The van der Waals surface area contributed by atoms with Gasteiger partial charge in [-0.1, -0.05) is 36.4 Å². The molecule has 2 N–H and O–H groups in total. The Labute approximate surface area is 147 Å². The van der Waals surface area contributed by atoms with E-state index in [1.54, 1.807) is 18.2 Å². The molecule has 0 saturated carbocycles. The van der Waals surface area contributed by atoms with Gasteiger partial charge in [0.25, 0.3) is 0 Å². The Morgan fingerprint density at radius 1 is 1.00 bits per heavy atom. The molecule has 0 spiro atoms. The van der Waals surface area contributed by atoms with Crippen LogP contribution in [0.15, 0.2) is 60.7 Å². The number of aromatic nitrogens is 1. The second-order valence-electron chi connectivity index (χ2n) is 5.92. The molecule has 0 aliphatic heterocycles. The zero-order valence-electron chi connectivity index (χ0n) is 14.4. The van der Waals surface area contributed by atoms with Crippen molar-refractivity contribution >= 4 is 16.9 Å². The second kappa shape index (κ2) is 9.42. The second-order valence-corrected chi connectivity index (χ2v) is 5.92. The van der Waals surface area contributed by atoms with Gasteiger partial charge < -0.3 is 10.2 Å². The summed E-state index contributed by atoms with van der Waals surface area (Å²) >= 11 is 0. The summed E-state index contributed by atoms with van der Waals surface area (Å²) in [6.45, 7) is 2.01. The molecule has 0 bridgehead atoms. The molecular formula is C21H23NO3. The molecule has 0 atom stereocenters. The van der Waals surface area contributed by atoms with E-state index in [2.05, 4.69) is 17.1 Å². The predicted molar refractivity (Wildman–Crippen MR) is 99.8 cm³/mol. The smallest absolute Gasteiger partial charge is 0.303 e. The molecule has 1 aromatic heterocycles. The third kappa shape index (κ3) is 6.63. The van der Waals surface area contributed by atoms with E-state index in [4.69, 9.17) is 10.2 Å². The number of phenolic OH excluding ortho intramolecular Hbond substituents is 1. The van der Waals surface area contributed by atoms with E-state index in [0.29, 0.717) is 6.42 Å². The first kappa shape index (κ1) is 18.5. The van der Waals surface area contributed by atoms with Crippen LogP contribution in [-0.2, 0) is 11.2 Å². The van der Waals surface area contributed by atoms with E-state index >= 15 is 0 Å². The van der Waals surface area contributed by atoms with Crippen molar-refractivity contribution in [2.45, 2.75) is 32.6 Å². The van der Waals surface area contributed by atoms with Crippen LogP contribution in [0.5, 0.6) is 5.75 Å². The summed E-state index contributed by atoms with van der Waals surface area (Å²) < 4.78 is 0. The molecule has 0 aliphatic carbocycles. The third-order valence-corrected chi connectivity index (χ3v) is 3.75. The summed E-state index contributed by atoms with van der Waals surface area (Å²) in [6.07, 6.45) is 2.57. The molecular weight excluding hydrogens is 314 g/mol. The summed E-state index contributed by atoms with van der Waals surface area (Å²) in [5.41, 5.74) is 3.20. The van der Waals surface area contributed by atoms with E-state index in [1.165, 1.54) is 5.39 Å². The molecule has 25 heavy (non-hydrogen) atoms. The van der Waals surface area contributed by atoms with Crippen LogP contribution in [0.4, 0.5) is 0 Å². The van der Waals surface area contributed by atoms with Crippen molar-refractivity contribution in [2.75, 3.05) is 0 Å². The van der Waals surface area contributed by atoms with Gasteiger partial charge in [-0.05, 0) is 56.0 Å². The van der Waals surface area contributed by atoms with Crippen molar-refractivity contribution in [3.05, 3.63) is 71.9 Å². The molecule has 0 unspecified atom stereocenters. The van der Waals surface area contributed by atoms with Crippen molar-refractivity contribution in [1.82, 2.24) is 4.98 Å². The van der Waals surface area contributed by atoms with Crippen molar-refractivity contribution < 1.29 is 15.0 Å². The van der Waals surface area contributed by atoms with Crippen LogP contribution >= 0.6 is 0 Å². The number of fused-ring (bicyclic) bond motifs is 1. The number of phenols is 1. The minimum Gasteiger partial charge on any atom is -0.508 e. The van der Waals surface area contributed by atoms with Gasteiger partial charge in [0.1, 0.15) is 5.75 Å². The van der Waals surface area contributed by atoms with Gasteiger partial charge in [0.2, 0.25) is 0 Å². The first-order chi connectivity index (χ1) is 12.0. The van der Waals surface area contributed by atoms with E-state index in [-0.39, 0.29) is 12.2 Å². The number of para-hydroxylation sites is 1. The highest BCUT2D eigenvalue weighted by Gasteiger charge is 1.98. The van der Waals surface area contributed by atoms with Crippen molar-refractivity contribution in [3.8, 4) is 5.75 Å². The molecule has 0 radical (unpaired) electrons. The molecule has 2 aromatic carbocycles. The molecule has 130 valence electrons. The molecule has 3 aromatic rings. The van der Waals surface area contributed by atoms with Crippen LogP contribution in [0.25, 0.3) is 10.9 Å². The maximum absolute atomic E-state index is 10.2. The lowest BCUT2D eigenvalue weighted by molar-refractivity contribution is -0.137. The van der Waals surface area contributed by atoms with E-state index in [0.717, 1.165) is 29.6 Å². The monoisotopic (exact) mass is 337 g/mol. The minimum absolute atomic E-state index is 0.221. The Hall–Kier alpha value is -2.88. The Kier molecular flexibility index (Phi) is 6.96. The summed E-state index contributed by atoms with van der Waals surface area (Å²) in [5, 5.41) is 18.8. The zero-order chi connectivity index (χ0) is 18.1. The van der Waals surface area contributed by atoms with Crippen LogP contribution in [0.2, 0.25) is 0 Å². The largest absolute Gasteiger partial charge is 0.508 e. The lowest BCUT2D eigenvalue weighted by Crippen LogP contribution is -1.94. The van der Waals surface area contributed by atoms with Crippen LogP contribution in [-0.4, -0.2) is 21.2 Å². The van der Waals surface area contributed by atoms with Gasteiger partial charge in [-0.25, -0.2) is 0 Å². The van der Waals surface area contributed by atoms with Gasteiger partial charge in [0, 0.05) is 17.5 Å². The van der Waals surface area contributed by atoms with Gasteiger partial charge >= 0.3 is 5.97 Å². The maximum Gasteiger partial charge on any atom is 0.303 e. The molecule has 3 rings (SSSR count). The van der Waals surface area contributed by atoms with Crippen molar-refractivity contribution in [2.24, 2.45) is 0 Å². The number of rotatable bonds is 5. The average molecular weight is 337 g/mol. The zero-order valence-corrected chi connectivity index (χ0v) is 14.4. The highest BCUT2D eigenvalue weighted by Crippen LogP contribution is 2.13. The summed E-state index contributed by atoms with van der Waals surface area (Å²) in [7, 11) is 0. The number of hydrogen-bond donors (Lipinski definition) is 2. The molecule has 4 heteroatoms. The van der Waals surface area contributed by atoms with Crippen molar-refractivity contribution in [3.63, 3.8) is 0 Å². The number of carboxylic acids is 1. The lowest BCUT2D eigenvalue weighted by atomic mass is 10.1. The fourth-order valence-corrected chi connectivity index (χ4v) is 2.49. The van der Waals surface area contributed by atoms with E-state index in [9.17, 15) is 4.79 Å². The number of aromatic hydroxyl groups is 1. The molecule has 0 amide bonds. The number of carboxylic acid groups (broad SMARTS) is 1. The van der Waals surface area contributed by atoms with Gasteiger partial charge in [-0.3, -0.25) is 9.78 Å². The Bertz CT molecular complexity index is 830. The molecule has 0 saturated heterocycles. The number of carbonyl (C=O) groups is 1. The fourth-order valence-electron chi connectivity index (χ4n) is 2.49. The van der Waals surface area contributed by atoms with Crippen molar-refractivity contribution in [1.29, 1.82) is 0 Å². The van der Waals surface area contributed by atoms with Crippen LogP contribution < -0.4 is 0 Å². The van der Waals surface area contributed by atoms with Gasteiger partial charge in [-0.2, -0.15) is 0 Å². The third-order valence-electron chi connectivity index (χ3n) is 3.75. The number of nitrogens with zero attached hydrogens (tertiary/aromatic N) is 1. The SMILES string of the molecule is Cc1ccc2ccccc2n1.O=C(O)CCCCc1cccc(O)c1. The van der Waals surface area contributed by atoms with Crippen LogP contribution in [0.1, 0.15) is 30.5 Å². The minimum atomic E-state index is -0.749. The number of aryl methyl sites for hydroxylation is 2. The molecule has 1 heterocycles. The summed E-state index contributed by atoms with van der Waals surface area (Å²) in [4.78, 5) is 14.6. The topological polar surface area (TPSA) is 70.4 Å². The fraction of sp³-hybridized carbons (Fsp3) is 0.238. The number of hydrogen-bond acceptors (Lipinski definition) is 3. The number of unbranched alkanes of at least 4 members (excludes halogenated alkanes) is 1. The number of pyridine rings is 1. The van der Waals surface area contributed by atoms with Gasteiger partial charge in [0.15, 0.2) is 0 Å². The quantitative estimate of drug-likeness (QED) is 0.660. The Morgan fingerprint density at radius 3 is 2.56 bits per heavy atom. The average Bonchev–Trinajstić information content (AvgIpc) is 2.59. The maximum atomic E-state index is 10.2. The van der Waals surface area contributed by atoms with E-state index < -0.39 is 5.97 Å². The van der Waals surface area contributed by atoms with Gasteiger partial charge in [0.05, 0.1) is 5.52 Å². The first-order valence-corrected chi connectivity index (χ1v) is 8.37. The molecule has 0 aliphatic rings. The first-order valence-electron chi connectivity index (χ1n) is 8.37. The van der Waals surface area contributed by atoms with E-state index in [1.807, 2.05) is 37.3 Å². The normalized spacial score (nSPS) is 10.1. The van der Waals surface area contributed by atoms with Crippen LogP contribution in [0.3, 0.4) is 0 Å². The summed E-state index contributed by atoms with van der Waals surface area (Å²) in [6, 6.07) is 19.3. The van der Waals surface area contributed by atoms with Gasteiger partial charge in [-0.15, -0.1) is 0 Å². The predicted octanol–water partition coefficient (Wildman–Crippen LogP) is 4.73. The molecule has 0 fully saturated rings. The molecule has 4 nitrogen and oxygen atoms in total. The standard InChI is InChI=1S/C11H14O3.C10H9N/c12-10-6-3-5-9(8-10)4-1-2-7-11(13)14;1-8-6-7-9-4-2-3-5-10(9)11-8/h3,5-6,8,12H,1-2,4,7H2,(H,13,14);2-7H,1H3. The highest BCUT2D eigenvalue weighted by atomic mass is 16.4. The Morgan fingerprint density at radius 2 is 1.80 bits per heavy atom.